The molecule has 0 atom stereocenters. The first-order valence-electron chi connectivity index (χ1n) is 8.10. The summed E-state index contributed by atoms with van der Waals surface area (Å²) in [6.45, 7) is 0. The van der Waals surface area contributed by atoms with Gasteiger partial charge >= 0.3 is 0 Å². The van der Waals surface area contributed by atoms with Gasteiger partial charge in [-0.05, 0) is 36.4 Å². The topological polar surface area (TPSA) is 85.4 Å². The predicted molar refractivity (Wildman–Crippen MR) is 99.2 cm³/mol. The van der Waals surface area contributed by atoms with E-state index in [4.69, 9.17) is 9.47 Å². The molecule has 28 heavy (non-hydrogen) atoms. The molecule has 7 nitrogen and oxygen atoms in total. The van der Waals surface area contributed by atoms with Crippen LogP contribution in [0.1, 0.15) is 10.4 Å². The van der Waals surface area contributed by atoms with Gasteiger partial charge in [-0.1, -0.05) is 6.07 Å². The van der Waals surface area contributed by atoms with Crippen LogP contribution in [0.4, 0.5) is 26.1 Å². The lowest BCUT2D eigenvalue weighted by atomic mass is 10.1. The summed E-state index contributed by atoms with van der Waals surface area (Å²) in [5.74, 6) is -0.860. The Morgan fingerprint density at radius 1 is 0.929 bits per heavy atom. The molecule has 9 heteroatoms. The van der Waals surface area contributed by atoms with Crippen molar-refractivity contribution in [2.45, 2.75) is 0 Å². The molecule has 1 heterocycles. The Morgan fingerprint density at radius 3 is 2.14 bits per heavy atom. The van der Waals surface area contributed by atoms with Gasteiger partial charge in [0.1, 0.15) is 28.7 Å². The number of methoxy groups -OCH3 is 2. The van der Waals surface area contributed by atoms with Crippen LogP contribution < -0.4 is 20.1 Å². The molecule has 1 amide bonds. The Hall–Kier alpha value is -3.75. The molecule has 0 spiro atoms. The quantitative estimate of drug-likeness (QED) is 0.671. The second kappa shape index (κ2) is 8.30. The number of nitrogens with zero attached hydrogens (tertiary/aromatic N) is 2. The monoisotopic (exact) mass is 386 g/mol. The van der Waals surface area contributed by atoms with E-state index in [0.29, 0.717) is 11.5 Å². The van der Waals surface area contributed by atoms with Crippen molar-refractivity contribution in [1.29, 1.82) is 0 Å². The van der Waals surface area contributed by atoms with E-state index in [1.54, 1.807) is 18.2 Å². The Kier molecular flexibility index (Phi) is 5.64. The molecule has 3 rings (SSSR count). The van der Waals surface area contributed by atoms with Gasteiger partial charge in [0.15, 0.2) is 11.6 Å². The number of carbonyl (C=O) groups is 1. The van der Waals surface area contributed by atoms with Gasteiger partial charge in [0.25, 0.3) is 5.91 Å². The minimum absolute atomic E-state index is 0.0474. The third-order valence-corrected chi connectivity index (χ3v) is 3.75. The van der Waals surface area contributed by atoms with Crippen LogP contribution in [0.5, 0.6) is 11.5 Å². The van der Waals surface area contributed by atoms with E-state index in [1.807, 2.05) is 0 Å². The van der Waals surface area contributed by atoms with Gasteiger partial charge in [-0.25, -0.2) is 8.78 Å². The van der Waals surface area contributed by atoms with Crippen LogP contribution in [0.3, 0.4) is 0 Å². The standard InChI is InChI=1S/C19H16F2N4O3/c1-27-14-4-3-5-15(28-2)18(14)19(26)23-17-9-8-16(24-25-17)22-13-7-6-11(20)10-12(13)21/h3-10H,1-2H3,(H,22,24)(H,23,25,26). The molecule has 0 bridgehead atoms. The summed E-state index contributed by atoms with van der Waals surface area (Å²) in [6, 6.07) is 11.1. The predicted octanol–water partition coefficient (Wildman–Crippen LogP) is 3.77. The normalized spacial score (nSPS) is 10.3. The number of halogens is 2. The van der Waals surface area contributed by atoms with E-state index >= 15 is 0 Å². The van der Waals surface area contributed by atoms with E-state index < -0.39 is 17.5 Å². The van der Waals surface area contributed by atoms with Crippen molar-refractivity contribution >= 4 is 23.2 Å². The highest BCUT2D eigenvalue weighted by atomic mass is 19.1. The molecule has 0 aliphatic carbocycles. The second-order valence-electron chi connectivity index (χ2n) is 5.54. The fourth-order valence-corrected chi connectivity index (χ4v) is 2.45. The number of carbonyl (C=O) groups excluding carboxylic acids is 1. The summed E-state index contributed by atoms with van der Waals surface area (Å²) >= 11 is 0. The van der Waals surface area contributed by atoms with Gasteiger partial charge in [-0.2, -0.15) is 0 Å². The molecule has 2 N–H and O–H groups in total. The molecule has 0 fully saturated rings. The minimum atomic E-state index is -0.762. The zero-order chi connectivity index (χ0) is 20.1. The lowest BCUT2D eigenvalue weighted by molar-refractivity contribution is 0.102. The fourth-order valence-electron chi connectivity index (χ4n) is 2.45. The van der Waals surface area contributed by atoms with Crippen LogP contribution in [0.15, 0.2) is 48.5 Å². The third-order valence-electron chi connectivity index (χ3n) is 3.75. The number of benzene rings is 2. The van der Waals surface area contributed by atoms with Crippen molar-refractivity contribution in [2.75, 3.05) is 24.9 Å². The molecule has 0 radical (unpaired) electrons. The number of ether oxygens (including phenoxy) is 2. The van der Waals surface area contributed by atoms with Gasteiger partial charge in [0.05, 0.1) is 19.9 Å². The highest BCUT2D eigenvalue weighted by Gasteiger charge is 2.18. The Labute approximate surface area is 159 Å². The van der Waals surface area contributed by atoms with Gasteiger partial charge in [0, 0.05) is 6.07 Å². The van der Waals surface area contributed by atoms with E-state index in [1.165, 1.54) is 32.4 Å². The van der Waals surface area contributed by atoms with Crippen LogP contribution in [0, 0.1) is 11.6 Å². The minimum Gasteiger partial charge on any atom is -0.496 e. The summed E-state index contributed by atoms with van der Waals surface area (Å²) in [7, 11) is 2.89. The van der Waals surface area contributed by atoms with Crippen molar-refractivity contribution < 1.29 is 23.0 Å². The molecular formula is C19H16F2N4O3. The largest absolute Gasteiger partial charge is 0.496 e. The smallest absolute Gasteiger partial charge is 0.264 e. The number of amides is 1. The molecular weight excluding hydrogens is 370 g/mol. The Morgan fingerprint density at radius 2 is 1.57 bits per heavy atom. The van der Waals surface area contributed by atoms with Crippen molar-refractivity contribution in [3.63, 3.8) is 0 Å². The zero-order valence-electron chi connectivity index (χ0n) is 15.0. The molecule has 3 aromatic rings. The Balaban J connectivity index is 1.75. The van der Waals surface area contributed by atoms with Gasteiger partial charge in [-0.3, -0.25) is 4.79 Å². The summed E-state index contributed by atoms with van der Waals surface area (Å²) in [5.41, 5.74) is 0.260. The SMILES string of the molecule is COc1cccc(OC)c1C(=O)Nc1ccc(Nc2ccc(F)cc2F)nn1. The first kappa shape index (κ1) is 19.0. The lowest BCUT2D eigenvalue weighted by Gasteiger charge is -2.12. The van der Waals surface area contributed by atoms with Crippen LogP contribution in [0.25, 0.3) is 0 Å². The molecule has 0 aliphatic rings. The summed E-state index contributed by atoms with van der Waals surface area (Å²) in [6.07, 6.45) is 0. The zero-order valence-corrected chi connectivity index (χ0v) is 15.0. The van der Waals surface area contributed by atoms with E-state index in [9.17, 15) is 13.6 Å². The number of aromatic nitrogens is 2. The van der Waals surface area contributed by atoms with Crippen molar-refractivity contribution in [1.82, 2.24) is 10.2 Å². The number of anilines is 3. The van der Waals surface area contributed by atoms with Gasteiger partial charge in [-0.15, -0.1) is 10.2 Å². The maximum Gasteiger partial charge on any atom is 0.264 e. The average Bonchev–Trinajstić information content (AvgIpc) is 2.70. The Bertz CT molecular complexity index is 975. The summed E-state index contributed by atoms with van der Waals surface area (Å²) in [5, 5.41) is 13.0. The molecule has 1 aromatic heterocycles. The van der Waals surface area contributed by atoms with Gasteiger partial charge in [0.2, 0.25) is 0 Å². The molecule has 144 valence electrons. The number of hydrogen-bond donors (Lipinski definition) is 2. The van der Waals surface area contributed by atoms with Gasteiger partial charge < -0.3 is 20.1 Å². The lowest BCUT2D eigenvalue weighted by Crippen LogP contribution is -2.16. The number of hydrogen-bond acceptors (Lipinski definition) is 6. The average molecular weight is 386 g/mol. The van der Waals surface area contributed by atoms with Crippen LogP contribution in [-0.2, 0) is 0 Å². The van der Waals surface area contributed by atoms with Crippen molar-refractivity contribution in [3.8, 4) is 11.5 Å². The highest BCUT2D eigenvalue weighted by molar-refractivity contribution is 6.07. The highest BCUT2D eigenvalue weighted by Crippen LogP contribution is 2.29. The van der Waals surface area contributed by atoms with Crippen molar-refractivity contribution in [3.05, 3.63) is 65.7 Å². The number of rotatable bonds is 6. The molecule has 2 aromatic carbocycles. The summed E-state index contributed by atoms with van der Waals surface area (Å²) < 4.78 is 37.0. The third kappa shape index (κ3) is 4.14. The van der Waals surface area contributed by atoms with Crippen LogP contribution in [0.2, 0.25) is 0 Å². The number of nitrogens with one attached hydrogen (secondary N) is 2. The summed E-state index contributed by atoms with van der Waals surface area (Å²) in [4.78, 5) is 12.6. The van der Waals surface area contributed by atoms with Crippen molar-refractivity contribution in [2.24, 2.45) is 0 Å². The molecule has 0 saturated heterocycles. The first-order valence-corrected chi connectivity index (χ1v) is 8.10. The van der Waals surface area contributed by atoms with Crippen LogP contribution >= 0.6 is 0 Å². The maximum absolute atomic E-state index is 13.7. The fraction of sp³-hybridized carbons (Fsp3) is 0.105. The maximum atomic E-state index is 13.7. The van der Waals surface area contributed by atoms with Crippen LogP contribution in [-0.4, -0.2) is 30.3 Å². The van der Waals surface area contributed by atoms with E-state index in [2.05, 4.69) is 20.8 Å². The molecule has 0 aliphatic heterocycles. The first-order chi connectivity index (χ1) is 13.5. The molecule has 0 unspecified atom stereocenters. The van der Waals surface area contributed by atoms with E-state index in [0.717, 1.165) is 12.1 Å². The second-order valence-corrected chi connectivity index (χ2v) is 5.54. The molecule has 0 saturated carbocycles. The van der Waals surface area contributed by atoms with E-state index in [-0.39, 0.29) is 22.9 Å².